The molecule has 0 aromatic carbocycles. The Morgan fingerprint density at radius 3 is 2.92 bits per heavy atom. The van der Waals surface area contributed by atoms with Crippen LogP contribution in [-0.4, -0.2) is 17.7 Å². The Hall–Kier alpha value is -0.620. The molecule has 2 rings (SSSR count). The van der Waals surface area contributed by atoms with Crippen molar-refractivity contribution < 1.29 is 14.3 Å². The van der Waals surface area contributed by atoms with Gasteiger partial charge in [0.25, 0.3) is 0 Å². The van der Waals surface area contributed by atoms with E-state index in [9.17, 15) is 0 Å². The number of ether oxygens (including phenoxy) is 2. The van der Waals surface area contributed by atoms with Gasteiger partial charge < -0.3 is 14.3 Å². The Morgan fingerprint density at radius 2 is 2.08 bits per heavy atom. The van der Waals surface area contributed by atoms with E-state index in [0.717, 1.165) is 0 Å². The maximum absolute atomic E-state index is 5.29. The molecule has 4 nitrogen and oxygen atoms in total. The molecule has 0 amide bonds. The maximum Gasteiger partial charge on any atom is 0.325 e. The number of rotatable bonds is 0. The van der Waals surface area contributed by atoms with Crippen molar-refractivity contribution in [3.05, 3.63) is 22.8 Å². The topological polar surface area (TPSA) is 30.9 Å². The number of nitrogens with zero attached hydrogens (tertiary/aromatic N) is 1. The maximum atomic E-state index is 5.29. The number of fused-ring (bicyclic) bond motifs is 1. The summed E-state index contributed by atoms with van der Waals surface area (Å²) < 4.78 is 11.7. The highest BCUT2D eigenvalue weighted by molar-refractivity contribution is 7.84. The van der Waals surface area contributed by atoms with Gasteiger partial charge in [0.15, 0.2) is 5.76 Å². The lowest BCUT2D eigenvalue weighted by Gasteiger charge is -2.20. The highest BCUT2D eigenvalue weighted by Crippen LogP contribution is 2.30. The molecule has 66 valence electrons. The molecule has 2 aliphatic heterocycles. The Kier molecular flexibility index (Phi) is 2.02. The van der Waals surface area contributed by atoms with Gasteiger partial charge in [-0.25, -0.2) is 0 Å². The van der Waals surface area contributed by atoms with Crippen LogP contribution in [0.15, 0.2) is 22.8 Å². The summed E-state index contributed by atoms with van der Waals surface area (Å²) in [4.78, 5) is 5.64. The van der Waals surface area contributed by atoms with Crippen LogP contribution >= 0.6 is 25.4 Å². The van der Waals surface area contributed by atoms with Crippen LogP contribution in [0.2, 0.25) is 0 Å². The fourth-order valence-corrected chi connectivity index (χ4v) is 1.31. The molecule has 0 aliphatic carbocycles. The van der Waals surface area contributed by atoms with Crippen molar-refractivity contribution in [2.45, 2.75) is 0 Å². The first-order valence-electron chi connectivity index (χ1n) is 3.34. The molecule has 0 unspecified atom stereocenters. The first kappa shape index (κ1) is 8.00. The average molecular weight is 205 g/mol. The normalized spacial score (nSPS) is 21.8. The van der Waals surface area contributed by atoms with E-state index in [1.54, 1.807) is 6.20 Å². The lowest BCUT2D eigenvalue weighted by atomic mass is 10.5. The molecule has 0 radical (unpaired) electrons. The quantitative estimate of drug-likeness (QED) is 0.579. The lowest BCUT2D eigenvalue weighted by Crippen LogP contribution is -2.13. The minimum Gasteiger partial charge on any atom is -0.487 e. The zero-order chi connectivity index (χ0) is 8.55. The van der Waals surface area contributed by atoms with Crippen LogP contribution in [-0.2, 0) is 14.3 Å². The molecule has 0 N–H and O–H groups in total. The van der Waals surface area contributed by atoms with Gasteiger partial charge in [0.2, 0.25) is 0 Å². The number of thiol groups is 2. The third-order valence-corrected chi connectivity index (χ3v) is 2.01. The molecule has 0 atom stereocenters. The molecule has 2 heterocycles. The molecule has 2 aliphatic rings. The van der Waals surface area contributed by atoms with E-state index in [0.29, 0.717) is 29.8 Å². The van der Waals surface area contributed by atoms with Crippen molar-refractivity contribution in [2.75, 3.05) is 13.2 Å². The fourth-order valence-electron chi connectivity index (χ4n) is 0.903. The smallest absolute Gasteiger partial charge is 0.325 e. The molecule has 0 aromatic rings. The molecule has 0 aromatic heterocycles. The van der Waals surface area contributed by atoms with Crippen molar-refractivity contribution in [3.63, 3.8) is 0 Å². The molecule has 0 saturated heterocycles. The van der Waals surface area contributed by atoms with Crippen molar-refractivity contribution in [1.29, 1.82) is 0 Å². The first-order chi connectivity index (χ1) is 5.77. The van der Waals surface area contributed by atoms with E-state index < -0.39 is 0 Å². The van der Waals surface area contributed by atoms with E-state index >= 15 is 0 Å². The van der Waals surface area contributed by atoms with Crippen molar-refractivity contribution >= 4 is 25.4 Å². The monoisotopic (exact) mass is 205 g/mol. The first-order valence-corrected chi connectivity index (χ1v) is 4.19. The van der Waals surface area contributed by atoms with Gasteiger partial charge >= 0.3 is 5.95 Å². The highest BCUT2D eigenvalue weighted by Gasteiger charge is 2.23. The Bertz CT molecular complexity index is 264. The van der Waals surface area contributed by atoms with Crippen LogP contribution in [0.4, 0.5) is 0 Å². The average Bonchev–Trinajstić information content (AvgIpc) is 2.19. The number of hydroxylamine groups is 1. The largest absolute Gasteiger partial charge is 0.487 e. The Morgan fingerprint density at radius 1 is 1.33 bits per heavy atom. The van der Waals surface area contributed by atoms with Gasteiger partial charge in [-0.3, -0.25) is 0 Å². The molecule has 2 bridgehead atoms. The summed E-state index contributed by atoms with van der Waals surface area (Å²) in [5, 5.41) is 0. The summed E-state index contributed by atoms with van der Waals surface area (Å²) in [7, 11) is 0. The van der Waals surface area contributed by atoms with Crippen molar-refractivity contribution in [2.24, 2.45) is 0 Å². The predicted molar refractivity (Wildman–Crippen MR) is 47.9 cm³/mol. The Balaban J connectivity index is 2.34. The van der Waals surface area contributed by atoms with Crippen LogP contribution in [0, 0.1) is 0 Å². The van der Waals surface area contributed by atoms with Gasteiger partial charge in [-0.2, -0.15) is 4.47 Å². The minimum atomic E-state index is 0.336. The highest BCUT2D eigenvalue weighted by atomic mass is 32.1. The lowest BCUT2D eigenvalue weighted by molar-refractivity contribution is -0.0712. The van der Waals surface area contributed by atoms with Crippen LogP contribution in [0.3, 0.4) is 0 Å². The third-order valence-electron chi connectivity index (χ3n) is 1.40. The van der Waals surface area contributed by atoms with Crippen LogP contribution in [0.5, 0.6) is 0 Å². The molecular formula is C6H7NO3S2. The van der Waals surface area contributed by atoms with Gasteiger partial charge in [0, 0.05) is 0 Å². The Labute approximate surface area is 80.7 Å². The molecular weight excluding hydrogens is 198 g/mol. The number of hydrogen-bond donors (Lipinski definition) is 2. The van der Waals surface area contributed by atoms with Crippen LogP contribution in [0.1, 0.15) is 0 Å². The number of hydrogen-bond acceptors (Lipinski definition) is 6. The SMILES string of the molecule is SC1=C2OCCOC1=CN(S)O2. The van der Waals surface area contributed by atoms with Gasteiger partial charge in [-0.05, 0) is 12.8 Å². The summed E-state index contributed by atoms with van der Waals surface area (Å²) in [5.41, 5.74) is 0. The molecule has 12 heavy (non-hydrogen) atoms. The second-order valence-corrected chi connectivity index (χ2v) is 3.06. The van der Waals surface area contributed by atoms with Crippen molar-refractivity contribution in [3.8, 4) is 0 Å². The molecule has 0 spiro atoms. The van der Waals surface area contributed by atoms with Crippen molar-refractivity contribution in [1.82, 2.24) is 4.47 Å². The third kappa shape index (κ3) is 1.32. The summed E-state index contributed by atoms with van der Waals surface area (Å²) in [6, 6.07) is 0. The summed E-state index contributed by atoms with van der Waals surface area (Å²) in [6.07, 6.45) is 1.59. The fraction of sp³-hybridized carbons (Fsp3) is 0.333. The van der Waals surface area contributed by atoms with E-state index in [1.165, 1.54) is 4.47 Å². The summed E-state index contributed by atoms with van der Waals surface area (Å²) >= 11 is 8.13. The van der Waals surface area contributed by atoms with Crippen LogP contribution < -0.4 is 0 Å². The standard InChI is InChI=1S/C6H7NO3S2/c11-5-4-3-7(12)10-6(5)9-2-1-8-4/h3,11-12H,1-2H2. The van der Waals surface area contributed by atoms with E-state index in [1.807, 2.05) is 0 Å². The van der Waals surface area contributed by atoms with Gasteiger partial charge in [-0.15, -0.1) is 12.6 Å². The predicted octanol–water partition coefficient (Wildman–Crippen LogP) is 1.07. The second-order valence-electron chi connectivity index (χ2n) is 2.22. The molecule has 0 saturated carbocycles. The summed E-state index contributed by atoms with van der Waals surface area (Å²) in [6.45, 7) is 0.947. The molecule has 6 heteroatoms. The summed E-state index contributed by atoms with van der Waals surface area (Å²) in [5.74, 6) is 0.954. The molecule has 0 fully saturated rings. The zero-order valence-electron chi connectivity index (χ0n) is 6.06. The zero-order valence-corrected chi connectivity index (χ0v) is 7.85. The minimum absolute atomic E-state index is 0.336. The van der Waals surface area contributed by atoms with E-state index in [4.69, 9.17) is 14.3 Å². The van der Waals surface area contributed by atoms with Crippen LogP contribution in [0.25, 0.3) is 0 Å². The second kappa shape index (κ2) is 3.02. The van der Waals surface area contributed by atoms with Gasteiger partial charge in [-0.1, -0.05) is 0 Å². The van der Waals surface area contributed by atoms with E-state index in [2.05, 4.69) is 25.4 Å². The van der Waals surface area contributed by atoms with Gasteiger partial charge in [0.05, 0.1) is 6.20 Å². The van der Waals surface area contributed by atoms with E-state index in [-0.39, 0.29) is 0 Å². The van der Waals surface area contributed by atoms with Gasteiger partial charge in [0.1, 0.15) is 18.1 Å².